The molecule has 4 aromatic heterocycles. The normalized spacial score (nSPS) is 15.2. The third-order valence-corrected chi connectivity index (χ3v) is 26.0. The van der Waals surface area contributed by atoms with Crippen LogP contribution in [0.1, 0.15) is 291 Å². The molecule has 0 aliphatic heterocycles. The number of nitrogens with zero attached hydrogens (tertiary/aromatic N) is 4. The summed E-state index contributed by atoms with van der Waals surface area (Å²) in [4.78, 5) is 31.1. The van der Waals surface area contributed by atoms with Gasteiger partial charge in [-0.3, -0.25) is 24.7 Å². The van der Waals surface area contributed by atoms with Gasteiger partial charge in [0.05, 0.1) is 52.0 Å². The first-order chi connectivity index (χ1) is 63.5. The second-order valence-corrected chi connectivity index (χ2v) is 42.3. The zero-order valence-electron chi connectivity index (χ0n) is 83.4. The number of carbonyl (C=O) groups is 1. The van der Waals surface area contributed by atoms with Crippen LogP contribution in [0.2, 0.25) is 0 Å². The number of fused-ring (bicyclic) bond motifs is 12. The number of allylic oxidation sites excluding steroid dienone is 4. The van der Waals surface area contributed by atoms with Crippen molar-refractivity contribution in [2.24, 2.45) is 29.1 Å². The van der Waals surface area contributed by atoms with E-state index < -0.39 is 12.1 Å². The minimum Gasteiger partial charge on any atom is -0.566 e. The van der Waals surface area contributed by atoms with Crippen LogP contribution >= 0.6 is 0 Å². The Hall–Kier alpha value is -10.5. The average Bonchev–Trinajstić information content (AvgIpc) is 1.59. The third kappa shape index (κ3) is 24.2. The summed E-state index contributed by atoms with van der Waals surface area (Å²) in [5.41, 5.74) is 38.1. The summed E-state index contributed by atoms with van der Waals surface area (Å²) < 4.78 is 55.3. The van der Waals surface area contributed by atoms with Gasteiger partial charge in [0.15, 0.2) is 0 Å². The predicted octanol–water partition coefficient (Wildman–Crippen LogP) is 32.5. The molecule has 3 N–H and O–H groups in total. The summed E-state index contributed by atoms with van der Waals surface area (Å²) in [5, 5.41) is 24.8. The monoisotopic (exact) mass is 1890 g/mol. The van der Waals surface area contributed by atoms with Crippen LogP contribution < -0.4 is 0 Å². The molecule has 701 valence electrons. The van der Waals surface area contributed by atoms with Crippen molar-refractivity contribution in [2.75, 3.05) is 0 Å². The Morgan fingerprint density at radius 2 is 0.711 bits per heavy atom. The summed E-state index contributed by atoms with van der Waals surface area (Å²) in [6.07, 6.45) is 23.9. The van der Waals surface area contributed by atoms with Gasteiger partial charge in [-0.2, -0.15) is 0 Å². The number of benzene rings is 8. The SMILES string of the molecule is CC(C)/C=C/c1c(C(C)C)nc2c(c1-c1ccc(F)cc1)-c1ccccc1CC2(C)C.CC(C)/C=C/c1c(C(C)C)nc2c(c1-c1ccc(F)cc1)CC(C)(C)Cc1ccccc1-2.CC(C)/C=C/c1c(C(C)C)nc2c(c1-c1ccc(F)cc1)CC(C)(C)c1ccccc1-2.CC(C)/C=C/c1c(C2CC2)nc2c(c1-c1ccc(F)cc1)-c1ccccc1CC2(C)C.O=C(O)C[C@H](O)C[CH-]O.[Y]. The molecule has 12 aromatic rings. The van der Waals surface area contributed by atoms with Crippen molar-refractivity contribution in [3.05, 3.63) is 338 Å². The van der Waals surface area contributed by atoms with Gasteiger partial charge >= 0.3 is 5.97 Å². The Morgan fingerprint density at radius 3 is 1.10 bits per heavy atom. The molecular weight excluding hydrogens is 1750 g/mol. The molecule has 0 unspecified atom stereocenters. The molecule has 8 aromatic carbocycles. The Kier molecular flexibility index (Phi) is 33.6. The molecule has 13 heteroatoms. The van der Waals surface area contributed by atoms with Crippen LogP contribution in [0.15, 0.2) is 218 Å². The number of rotatable bonds is 20. The number of aliphatic carboxylic acids is 1. The fraction of sp³-hybridized carbons (Fsp3) is 0.361. The van der Waals surface area contributed by atoms with Gasteiger partial charge in [-0.15, -0.1) is 6.42 Å². The number of aliphatic hydroxyl groups excluding tert-OH is 2. The Labute approximate surface area is 826 Å². The van der Waals surface area contributed by atoms with Crippen molar-refractivity contribution in [3.63, 3.8) is 0 Å². The molecule has 1 saturated carbocycles. The summed E-state index contributed by atoms with van der Waals surface area (Å²) in [6, 6.07) is 62.6. The van der Waals surface area contributed by atoms with Crippen molar-refractivity contribution < 1.29 is 70.4 Å². The summed E-state index contributed by atoms with van der Waals surface area (Å²) in [6.45, 7) is 50.0. The summed E-state index contributed by atoms with van der Waals surface area (Å²) in [7, 11) is 0. The van der Waals surface area contributed by atoms with Gasteiger partial charge < -0.3 is 15.3 Å². The standard InChI is InChI=1S/C30H34FN.C29H30FN.2C29H32FN.C5H9O4.Y/c1-19(2)11-16-25-27(21-12-14-23(31)15-13-21)26-18-30(5,6)17-22-9-7-8-10-24(22)29(26)32-28(25)20(3)4;1-18(2)9-16-24-25(19-12-14-22(30)15-13-19)26-23-8-6-5-7-21(23)17-29(3,4)28(26)31-27(24)20-10-11-20;1-18(2)11-16-23-26(20-12-14-21(30)15-13-20)24-17-29(5,6)25-10-8-7-9-22(25)28(24)31-27(23)19(3)4;1-18(2)11-16-24-25(20-12-14-22(30)15-13-20)26-23-10-8-7-9-21(23)17-29(5,6)28(26)31-27(24)19(3)4;6-2-1-4(7)3-5(8)9;/h7-16,19-20H,17-18H2,1-6H3;5-9,12-16,18,20H,10-11,17H2,1-4H3;2*7-16,18-19H,17H2,1-6H3;2,4,6-7H,1,3H2,(H,8,9);/q;;;;-1;/b16-11+;16-9+;2*16-11+;;/t;;;;4-;/m....1./s1. The van der Waals surface area contributed by atoms with E-state index in [4.69, 9.17) is 35.3 Å². The molecule has 1 radical (unpaired) electrons. The van der Waals surface area contributed by atoms with E-state index in [0.717, 1.165) is 101 Å². The molecular formula is C122H137F4N4O4Y-. The van der Waals surface area contributed by atoms with Crippen LogP contribution in [-0.2, 0) is 85.9 Å². The van der Waals surface area contributed by atoms with E-state index in [0.29, 0.717) is 29.6 Å². The minimum absolute atomic E-state index is 0. The zero-order chi connectivity index (χ0) is 96.7. The first kappa shape index (κ1) is 103. The van der Waals surface area contributed by atoms with Gasteiger partial charge in [0, 0.05) is 111 Å². The molecule has 5 aliphatic rings. The number of carboxylic acid groups (broad SMARTS) is 1. The quantitative estimate of drug-likeness (QED) is 0.0508. The second-order valence-electron chi connectivity index (χ2n) is 42.3. The second kappa shape index (κ2) is 43.9. The Balaban J connectivity index is 0.000000157. The largest absolute Gasteiger partial charge is 0.566 e. The van der Waals surface area contributed by atoms with Crippen molar-refractivity contribution in [2.45, 2.75) is 256 Å². The molecule has 1 atom stereocenters. The molecule has 0 bridgehead atoms. The topological polar surface area (TPSA) is 129 Å². The summed E-state index contributed by atoms with van der Waals surface area (Å²) in [5.74, 6) is 1.23. The minimum atomic E-state index is -1.07. The van der Waals surface area contributed by atoms with Crippen LogP contribution in [0.3, 0.4) is 0 Å². The number of aromatic nitrogens is 4. The van der Waals surface area contributed by atoms with Crippen LogP contribution in [0, 0.1) is 59.0 Å². The molecule has 135 heavy (non-hydrogen) atoms. The Morgan fingerprint density at radius 1 is 0.385 bits per heavy atom. The van der Waals surface area contributed by atoms with Gasteiger partial charge in [0.25, 0.3) is 0 Å². The molecule has 0 amide bonds. The van der Waals surface area contributed by atoms with Gasteiger partial charge in [-0.25, -0.2) is 24.2 Å². The van der Waals surface area contributed by atoms with Gasteiger partial charge in [0.1, 0.15) is 23.3 Å². The van der Waals surface area contributed by atoms with Crippen LogP contribution in [0.5, 0.6) is 0 Å². The molecule has 8 nitrogen and oxygen atoms in total. The van der Waals surface area contributed by atoms with Crippen LogP contribution in [0.25, 0.3) is 114 Å². The molecule has 17 rings (SSSR count). The van der Waals surface area contributed by atoms with Gasteiger partial charge in [-0.05, 0) is 224 Å². The average molecular weight is 1890 g/mol. The number of pyridine rings is 4. The maximum absolute atomic E-state index is 13.9. The van der Waals surface area contributed by atoms with Crippen molar-refractivity contribution in [1.29, 1.82) is 0 Å². The van der Waals surface area contributed by atoms with E-state index in [1.807, 2.05) is 48.5 Å². The molecule has 1 fully saturated rings. The number of halogens is 4. The van der Waals surface area contributed by atoms with E-state index in [1.54, 1.807) is 48.5 Å². The van der Waals surface area contributed by atoms with Crippen molar-refractivity contribution >= 4 is 30.3 Å². The smallest absolute Gasteiger partial charge is 0.305 e. The van der Waals surface area contributed by atoms with E-state index in [2.05, 4.69) is 298 Å². The van der Waals surface area contributed by atoms with Crippen LogP contribution in [0.4, 0.5) is 17.6 Å². The molecule has 4 heterocycles. The zero-order valence-corrected chi connectivity index (χ0v) is 86.2. The fourth-order valence-corrected chi connectivity index (χ4v) is 19.5. The molecule has 0 saturated heterocycles. The predicted molar refractivity (Wildman–Crippen MR) is 550 cm³/mol. The van der Waals surface area contributed by atoms with Crippen LogP contribution in [-0.4, -0.2) is 47.3 Å². The summed E-state index contributed by atoms with van der Waals surface area (Å²) >= 11 is 0. The van der Waals surface area contributed by atoms with Gasteiger partial charge in [-0.1, -0.05) is 347 Å². The van der Waals surface area contributed by atoms with Crippen molar-refractivity contribution in [1.82, 2.24) is 19.9 Å². The maximum atomic E-state index is 13.9. The number of carboxylic acids is 1. The first-order valence-electron chi connectivity index (χ1n) is 48.3. The number of hydrogen-bond acceptors (Lipinski definition) is 7. The molecule has 5 aliphatic carbocycles. The van der Waals surface area contributed by atoms with E-state index in [9.17, 15) is 22.4 Å². The van der Waals surface area contributed by atoms with Crippen molar-refractivity contribution in [3.8, 4) is 89.3 Å². The number of hydrogen-bond donors (Lipinski definition) is 3. The Bertz CT molecular complexity index is 6160. The van der Waals surface area contributed by atoms with E-state index in [-0.39, 0.29) is 108 Å². The number of aliphatic hydroxyl groups is 2. The van der Waals surface area contributed by atoms with Gasteiger partial charge in [0.2, 0.25) is 0 Å². The van der Waals surface area contributed by atoms with E-state index >= 15 is 0 Å². The van der Waals surface area contributed by atoms with E-state index in [1.165, 1.54) is 130 Å². The third-order valence-electron chi connectivity index (χ3n) is 26.0. The first-order valence-corrected chi connectivity index (χ1v) is 48.3. The fourth-order valence-electron chi connectivity index (χ4n) is 19.5. The molecule has 0 spiro atoms. The maximum Gasteiger partial charge on any atom is 0.305 e.